The number of carbonyl (C=O) groups excluding carboxylic acids is 1. The quantitative estimate of drug-likeness (QED) is 0.523. The lowest BCUT2D eigenvalue weighted by Crippen LogP contribution is -2.20. The van der Waals surface area contributed by atoms with Crippen LogP contribution < -0.4 is 10.1 Å². The lowest BCUT2D eigenvalue weighted by molar-refractivity contribution is -0.384. The Balaban J connectivity index is 1.59. The van der Waals surface area contributed by atoms with Gasteiger partial charge in [-0.3, -0.25) is 20.2 Å². The summed E-state index contributed by atoms with van der Waals surface area (Å²) in [5, 5.41) is 15.6. The molecule has 1 heterocycles. The molecule has 0 radical (unpaired) electrons. The minimum atomic E-state index is -0.454. The van der Waals surface area contributed by atoms with Gasteiger partial charge in [0, 0.05) is 23.1 Å². The van der Waals surface area contributed by atoms with E-state index in [9.17, 15) is 14.9 Å². The third kappa shape index (κ3) is 4.42. The van der Waals surface area contributed by atoms with E-state index in [0.29, 0.717) is 16.6 Å². The summed E-state index contributed by atoms with van der Waals surface area (Å²) in [6.07, 6.45) is 0. The predicted octanol–water partition coefficient (Wildman–Crippen LogP) is 4.04. The van der Waals surface area contributed by atoms with Crippen molar-refractivity contribution < 1.29 is 14.5 Å². The maximum atomic E-state index is 12.0. The minimum Gasteiger partial charge on any atom is -0.484 e. The maximum absolute atomic E-state index is 12.0. The first-order valence-corrected chi connectivity index (χ1v) is 8.59. The highest BCUT2D eigenvalue weighted by Crippen LogP contribution is 2.26. The van der Waals surface area contributed by atoms with Gasteiger partial charge in [-0.1, -0.05) is 12.1 Å². The van der Waals surface area contributed by atoms with Crippen LogP contribution >= 0.6 is 11.3 Å². The van der Waals surface area contributed by atoms with Crippen molar-refractivity contribution >= 4 is 28.1 Å². The van der Waals surface area contributed by atoms with E-state index in [1.807, 2.05) is 25.1 Å². The number of hydrogen-bond acceptors (Lipinski definition) is 6. The summed E-state index contributed by atoms with van der Waals surface area (Å²) in [6.45, 7) is 1.83. The molecule has 0 aliphatic rings. The molecule has 0 spiro atoms. The number of non-ortho nitro benzene ring substituents is 1. The van der Waals surface area contributed by atoms with E-state index in [2.05, 4.69) is 10.3 Å². The number of nitro benzene ring substituents is 1. The van der Waals surface area contributed by atoms with Crippen LogP contribution in [0.5, 0.6) is 5.75 Å². The van der Waals surface area contributed by atoms with Crippen LogP contribution in [0.4, 0.5) is 10.8 Å². The van der Waals surface area contributed by atoms with Gasteiger partial charge in [0.2, 0.25) is 0 Å². The van der Waals surface area contributed by atoms with Crippen LogP contribution in [0, 0.1) is 17.0 Å². The van der Waals surface area contributed by atoms with Crippen LogP contribution in [0.2, 0.25) is 0 Å². The summed E-state index contributed by atoms with van der Waals surface area (Å²) in [5.74, 6) is 0.321. The molecule has 3 rings (SSSR count). The lowest BCUT2D eigenvalue weighted by Gasteiger charge is -2.06. The molecule has 0 unspecified atom stereocenters. The van der Waals surface area contributed by atoms with Crippen molar-refractivity contribution in [2.45, 2.75) is 6.92 Å². The number of amides is 1. The third-order valence-electron chi connectivity index (χ3n) is 3.48. The van der Waals surface area contributed by atoms with Gasteiger partial charge in [0.25, 0.3) is 11.6 Å². The molecule has 132 valence electrons. The highest BCUT2D eigenvalue weighted by atomic mass is 32.1. The van der Waals surface area contributed by atoms with Gasteiger partial charge in [0.15, 0.2) is 11.7 Å². The van der Waals surface area contributed by atoms with E-state index >= 15 is 0 Å². The Morgan fingerprint density at radius 2 is 2.04 bits per heavy atom. The number of ether oxygens (including phenoxy) is 1. The highest BCUT2D eigenvalue weighted by Gasteiger charge is 2.10. The number of aryl methyl sites for hydroxylation is 1. The first kappa shape index (κ1) is 17.6. The fourth-order valence-electron chi connectivity index (χ4n) is 2.23. The smallest absolute Gasteiger partial charge is 0.269 e. The Morgan fingerprint density at radius 3 is 2.73 bits per heavy atom. The number of aromatic nitrogens is 1. The average molecular weight is 369 g/mol. The van der Waals surface area contributed by atoms with Crippen molar-refractivity contribution in [2.24, 2.45) is 0 Å². The fourth-order valence-corrected chi connectivity index (χ4v) is 2.96. The van der Waals surface area contributed by atoms with Crippen molar-refractivity contribution in [3.8, 4) is 17.0 Å². The number of carbonyl (C=O) groups is 1. The molecular weight excluding hydrogens is 354 g/mol. The Hall–Kier alpha value is -3.26. The number of nitrogens with zero attached hydrogens (tertiary/aromatic N) is 2. The summed E-state index contributed by atoms with van der Waals surface area (Å²) in [7, 11) is 0. The second kappa shape index (κ2) is 7.75. The molecule has 0 bridgehead atoms. The molecule has 26 heavy (non-hydrogen) atoms. The third-order valence-corrected chi connectivity index (χ3v) is 4.24. The molecule has 0 atom stereocenters. The zero-order valence-electron chi connectivity index (χ0n) is 13.8. The second-order valence-corrected chi connectivity index (χ2v) is 6.35. The van der Waals surface area contributed by atoms with E-state index in [0.717, 1.165) is 11.1 Å². The molecule has 2 aromatic carbocycles. The molecule has 1 amide bonds. The minimum absolute atomic E-state index is 0.0193. The number of thiazole rings is 1. The number of benzene rings is 2. The molecule has 1 aromatic heterocycles. The van der Waals surface area contributed by atoms with E-state index in [1.54, 1.807) is 23.6 Å². The van der Waals surface area contributed by atoms with Crippen molar-refractivity contribution in [3.05, 3.63) is 69.6 Å². The average Bonchev–Trinajstić information content (AvgIpc) is 3.08. The predicted molar refractivity (Wildman–Crippen MR) is 99.5 cm³/mol. The van der Waals surface area contributed by atoms with Gasteiger partial charge in [-0.15, -0.1) is 11.3 Å². The number of hydrogen-bond donors (Lipinski definition) is 1. The molecule has 0 fully saturated rings. The summed E-state index contributed by atoms with van der Waals surface area (Å²) in [4.78, 5) is 26.6. The molecule has 0 aliphatic carbocycles. The van der Waals surface area contributed by atoms with Gasteiger partial charge < -0.3 is 4.74 Å². The monoisotopic (exact) mass is 369 g/mol. The molecule has 3 aromatic rings. The van der Waals surface area contributed by atoms with Crippen LogP contribution in [0.15, 0.2) is 53.9 Å². The molecule has 1 N–H and O–H groups in total. The maximum Gasteiger partial charge on any atom is 0.269 e. The van der Waals surface area contributed by atoms with E-state index < -0.39 is 4.92 Å². The number of anilines is 1. The standard InChI is InChI=1S/C18H15N3O4S/c1-12-3-2-4-15(9-12)25-10-17(22)20-18-19-16(11-26-18)13-5-7-14(8-6-13)21(23)24/h2-9,11H,10H2,1H3,(H,19,20,22). The van der Waals surface area contributed by atoms with Crippen molar-refractivity contribution in [3.63, 3.8) is 0 Å². The molecule has 0 aliphatic heterocycles. The Labute approximate surface area is 153 Å². The van der Waals surface area contributed by atoms with Gasteiger partial charge in [0.1, 0.15) is 5.75 Å². The fraction of sp³-hybridized carbons (Fsp3) is 0.111. The van der Waals surface area contributed by atoms with Crippen LogP contribution in [-0.4, -0.2) is 22.4 Å². The van der Waals surface area contributed by atoms with Gasteiger partial charge in [-0.2, -0.15) is 0 Å². The highest BCUT2D eigenvalue weighted by molar-refractivity contribution is 7.14. The summed E-state index contributed by atoms with van der Waals surface area (Å²) in [5.41, 5.74) is 2.45. The van der Waals surface area contributed by atoms with Crippen molar-refractivity contribution in [2.75, 3.05) is 11.9 Å². The van der Waals surface area contributed by atoms with E-state index in [-0.39, 0.29) is 18.2 Å². The van der Waals surface area contributed by atoms with E-state index in [4.69, 9.17) is 4.74 Å². The topological polar surface area (TPSA) is 94.4 Å². The van der Waals surface area contributed by atoms with Gasteiger partial charge >= 0.3 is 0 Å². The molecule has 0 saturated heterocycles. The molecular formula is C18H15N3O4S. The molecule has 8 heteroatoms. The van der Waals surface area contributed by atoms with Crippen LogP contribution in [0.3, 0.4) is 0 Å². The van der Waals surface area contributed by atoms with Crippen molar-refractivity contribution in [1.82, 2.24) is 4.98 Å². The largest absolute Gasteiger partial charge is 0.484 e. The first-order chi connectivity index (χ1) is 12.5. The van der Waals surface area contributed by atoms with Crippen LogP contribution in [-0.2, 0) is 4.79 Å². The summed E-state index contributed by atoms with van der Waals surface area (Å²) >= 11 is 1.27. The van der Waals surface area contributed by atoms with Gasteiger partial charge in [-0.25, -0.2) is 4.98 Å². The van der Waals surface area contributed by atoms with Crippen LogP contribution in [0.25, 0.3) is 11.3 Å². The van der Waals surface area contributed by atoms with Crippen LogP contribution in [0.1, 0.15) is 5.56 Å². The zero-order valence-corrected chi connectivity index (χ0v) is 14.7. The lowest BCUT2D eigenvalue weighted by atomic mass is 10.1. The number of nitro groups is 1. The van der Waals surface area contributed by atoms with Gasteiger partial charge in [0.05, 0.1) is 10.6 Å². The first-order valence-electron chi connectivity index (χ1n) is 7.71. The number of rotatable bonds is 6. The normalized spacial score (nSPS) is 10.3. The number of nitrogens with one attached hydrogen (secondary N) is 1. The molecule has 7 nitrogen and oxygen atoms in total. The second-order valence-electron chi connectivity index (χ2n) is 5.50. The Kier molecular flexibility index (Phi) is 5.23. The van der Waals surface area contributed by atoms with E-state index in [1.165, 1.54) is 23.5 Å². The molecule has 0 saturated carbocycles. The zero-order chi connectivity index (χ0) is 18.5. The Morgan fingerprint density at radius 1 is 1.27 bits per heavy atom. The SMILES string of the molecule is Cc1cccc(OCC(=O)Nc2nc(-c3ccc([N+](=O)[O-])cc3)cs2)c1. The Bertz CT molecular complexity index is 938. The van der Waals surface area contributed by atoms with Gasteiger partial charge in [-0.05, 0) is 36.8 Å². The van der Waals surface area contributed by atoms with Crippen molar-refractivity contribution in [1.29, 1.82) is 0 Å². The summed E-state index contributed by atoms with van der Waals surface area (Å²) < 4.78 is 5.45. The summed E-state index contributed by atoms with van der Waals surface area (Å²) in [6, 6.07) is 13.5.